The SMILES string of the molecule is CN1CCN(C)C(C)(c2ccc3[nH]c(=O)[nH]c3c2)C1. The molecule has 2 heterocycles. The average molecular weight is 260 g/mol. The Labute approximate surface area is 112 Å². The topological polar surface area (TPSA) is 55.1 Å². The smallest absolute Gasteiger partial charge is 0.306 e. The molecule has 3 rings (SSSR count). The number of hydrogen-bond acceptors (Lipinski definition) is 3. The Hall–Kier alpha value is -1.59. The van der Waals surface area contributed by atoms with Crippen molar-refractivity contribution in [1.29, 1.82) is 0 Å². The van der Waals surface area contributed by atoms with Gasteiger partial charge in [0.2, 0.25) is 0 Å². The summed E-state index contributed by atoms with van der Waals surface area (Å²) in [6, 6.07) is 6.18. The van der Waals surface area contributed by atoms with Gasteiger partial charge >= 0.3 is 5.69 Å². The van der Waals surface area contributed by atoms with Crippen molar-refractivity contribution in [3.8, 4) is 0 Å². The third-order valence-electron chi connectivity index (χ3n) is 4.38. The van der Waals surface area contributed by atoms with E-state index in [-0.39, 0.29) is 11.2 Å². The number of rotatable bonds is 1. The number of aromatic nitrogens is 2. The van der Waals surface area contributed by atoms with Crippen molar-refractivity contribution in [1.82, 2.24) is 19.8 Å². The summed E-state index contributed by atoms with van der Waals surface area (Å²) in [4.78, 5) is 21.7. The number of fused-ring (bicyclic) bond motifs is 1. The predicted molar refractivity (Wildman–Crippen MR) is 76.4 cm³/mol. The molecule has 1 aliphatic rings. The molecule has 5 heteroatoms. The van der Waals surface area contributed by atoms with Crippen LogP contribution in [-0.2, 0) is 5.54 Å². The molecule has 0 amide bonds. The maximum Gasteiger partial charge on any atom is 0.323 e. The maximum absolute atomic E-state index is 11.3. The fourth-order valence-corrected chi connectivity index (χ4v) is 2.97. The first-order valence-electron chi connectivity index (χ1n) is 6.61. The van der Waals surface area contributed by atoms with Gasteiger partial charge in [-0.2, -0.15) is 0 Å². The van der Waals surface area contributed by atoms with E-state index >= 15 is 0 Å². The molecule has 2 aromatic rings. The molecular formula is C14H20N4O. The summed E-state index contributed by atoms with van der Waals surface area (Å²) in [6.45, 7) is 5.39. The van der Waals surface area contributed by atoms with Gasteiger partial charge in [-0.3, -0.25) is 4.90 Å². The highest BCUT2D eigenvalue weighted by Crippen LogP contribution is 2.31. The number of hydrogen-bond donors (Lipinski definition) is 2. The van der Waals surface area contributed by atoms with Crippen molar-refractivity contribution in [3.63, 3.8) is 0 Å². The van der Waals surface area contributed by atoms with Crippen LogP contribution in [0.2, 0.25) is 0 Å². The van der Waals surface area contributed by atoms with Crippen LogP contribution < -0.4 is 5.69 Å². The molecule has 2 N–H and O–H groups in total. The molecule has 1 saturated heterocycles. The quantitative estimate of drug-likeness (QED) is 0.802. The number of piperazine rings is 1. The number of aromatic amines is 2. The van der Waals surface area contributed by atoms with E-state index in [4.69, 9.17) is 0 Å². The Morgan fingerprint density at radius 1 is 1.16 bits per heavy atom. The molecule has 1 aliphatic heterocycles. The van der Waals surface area contributed by atoms with Gasteiger partial charge in [-0.05, 0) is 38.7 Å². The predicted octanol–water partition coefficient (Wildman–Crippen LogP) is 0.949. The fourth-order valence-electron chi connectivity index (χ4n) is 2.97. The van der Waals surface area contributed by atoms with Gasteiger partial charge in [0.25, 0.3) is 0 Å². The minimum Gasteiger partial charge on any atom is -0.306 e. The maximum atomic E-state index is 11.3. The highest BCUT2D eigenvalue weighted by molar-refractivity contribution is 5.75. The van der Waals surface area contributed by atoms with Crippen molar-refractivity contribution in [2.45, 2.75) is 12.5 Å². The Morgan fingerprint density at radius 2 is 1.89 bits per heavy atom. The van der Waals surface area contributed by atoms with E-state index < -0.39 is 0 Å². The van der Waals surface area contributed by atoms with Crippen LogP contribution in [0.1, 0.15) is 12.5 Å². The van der Waals surface area contributed by atoms with Crippen LogP contribution in [0.3, 0.4) is 0 Å². The highest BCUT2D eigenvalue weighted by atomic mass is 16.1. The van der Waals surface area contributed by atoms with Crippen LogP contribution in [0.25, 0.3) is 11.0 Å². The zero-order valence-corrected chi connectivity index (χ0v) is 11.7. The zero-order chi connectivity index (χ0) is 13.6. The second-order valence-corrected chi connectivity index (χ2v) is 5.77. The number of nitrogens with zero attached hydrogens (tertiary/aromatic N) is 2. The van der Waals surface area contributed by atoms with Gasteiger partial charge in [-0.25, -0.2) is 4.79 Å². The van der Waals surface area contributed by atoms with E-state index in [1.54, 1.807) is 0 Å². The number of H-pyrrole nitrogens is 2. The second kappa shape index (κ2) is 4.21. The summed E-state index contributed by atoms with van der Waals surface area (Å²) in [5, 5.41) is 0. The normalized spacial score (nSPS) is 26.1. The Bertz CT molecular complexity index is 659. The number of likely N-dealkylation sites (N-methyl/N-ethyl adjacent to an activating group) is 2. The fraction of sp³-hybridized carbons (Fsp3) is 0.500. The van der Waals surface area contributed by atoms with Crippen LogP contribution in [-0.4, -0.2) is 53.5 Å². The lowest BCUT2D eigenvalue weighted by molar-refractivity contribution is 0.0380. The van der Waals surface area contributed by atoms with E-state index in [9.17, 15) is 4.79 Å². The van der Waals surface area contributed by atoms with E-state index in [0.29, 0.717) is 0 Å². The van der Waals surface area contributed by atoms with Gasteiger partial charge in [0.1, 0.15) is 0 Å². The third-order valence-corrected chi connectivity index (χ3v) is 4.38. The first-order valence-corrected chi connectivity index (χ1v) is 6.61. The van der Waals surface area contributed by atoms with Crippen molar-refractivity contribution in [2.75, 3.05) is 33.7 Å². The molecule has 0 radical (unpaired) electrons. The summed E-state index contributed by atoms with van der Waals surface area (Å²) in [5.74, 6) is 0. The molecule has 0 bridgehead atoms. The first-order chi connectivity index (χ1) is 8.99. The monoisotopic (exact) mass is 260 g/mol. The molecule has 1 fully saturated rings. The molecule has 5 nitrogen and oxygen atoms in total. The van der Waals surface area contributed by atoms with Gasteiger partial charge in [0.15, 0.2) is 0 Å². The molecule has 0 aliphatic carbocycles. The number of imidazole rings is 1. The van der Waals surface area contributed by atoms with Crippen LogP contribution in [0.15, 0.2) is 23.0 Å². The molecular weight excluding hydrogens is 240 g/mol. The van der Waals surface area contributed by atoms with E-state index in [1.165, 1.54) is 5.56 Å². The summed E-state index contributed by atoms with van der Waals surface area (Å²) < 4.78 is 0. The Kier molecular flexibility index (Phi) is 2.76. The molecule has 1 aromatic heterocycles. The van der Waals surface area contributed by atoms with Crippen LogP contribution in [0.5, 0.6) is 0 Å². The number of nitrogens with one attached hydrogen (secondary N) is 2. The molecule has 1 unspecified atom stereocenters. The van der Waals surface area contributed by atoms with Gasteiger partial charge in [-0.1, -0.05) is 6.07 Å². The Balaban J connectivity index is 2.08. The van der Waals surface area contributed by atoms with Crippen molar-refractivity contribution in [3.05, 3.63) is 34.2 Å². The molecule has 1 atom stereocenters. The largest absolute Gasteiger partial charge is 0.323 e. The first kappa shape index (κ1) is 12.4. The Morgan fingerprint density at radius 3 is 2.68 bits per heavy atom. The van der Waals surface area contributed by atoms with Gasteiger partial charge in [0.05, 0.1) is 16.6 Å². The summed E-state index contributed by atoms with van der Waals surface area (Å²) in [5.41, 5.74) is 2.82. The standard InChI is InChI=1S/C14H20N4O/c1-14(9-17(2)6-7-18(14)3)10-4-5-11-12(8-10)16-13(19)15-11/h4-5,8H,6-7,9H2,1-3H3,(H2,15,16,19). The van der Waals surface area contributed by atoms with Crippen LogP contribution >= 0.6 is 0 Å². The zero-order valence-electron chi connectivity index (χ0n) is 11.7. The lowest BCUT2D eigenvalue weighted by Crippen LogP contribution is -2.56. The molecule has 19 heavy (non-hydrogen) atoms. The number of benzene rings is 1. The molecule has 102 valence electrons. The highest BCUT2D eigenvalue weighted by Gasteiger charge is 2.35. The summed E-state index contributed by atoms with van der Waals surface area (Å²) in [6.07, 6.45) is 0. The lowest BCUT2D eigenvalue weighted by Gasteiger charge is -2.46. The van der Waals surface area contributed by atoms with Crippen molar-refractivity contribution >= 4 is 11.0 Å². The molecule has 0 spiro atoms. The molecule has 1 aromatic carbocycles. The van der Waals surface area contributed by atoms with Crippen molar-refractivity contribution in [2.24, 2.45) is 0 Å². The van der Waals surface area contributed by atoms with Crippen LogP contribution in [0, 0.1) is 0 Å². The lowest BCUT2D eigenvalue weighted by atomic mass is 9.88. The average Bonchev–Trinajstić information content (AvgIpc) is 2.73. The van der Waals surface area contributed by atoms with Gasteiger partial charge < -0.3 is 14.9 Å². The molecule has 0 saturated carbocycles. The van der Waals surface area contributed by atoms with Crippen molar-refractivity contribution < 1.29 is 0 Å². The third kappa shape index (κ3) is 1.99. The van der Waals surface area contributed by atoms with E-state index in [1.807, 2.05) is 6.07 Å². The van der Waals surface area contributed by atoms with E-state index in [2.05, 4.69) is 52.9 Å². The summed E-state index contributed by atoms with van der Waals surface area (Å²) >= 11 is 0. The summed E-state index contributed by atoms with van der Waals surface area (Å²) in [7, 11) is 4.32. The van der Waals surface area contributed by atoms with Gasteiger partial charge in [-0.15, -0.1) is 0 Å². The second-order valence-electron chi connectivity index (χ2n) is 5.77. The van der Waals surface area contributed by atoms with Crippen LogP contribution in [0.4, 0.5) is 0 Å². The van der Waals surface area contributed by atoms with E-state index in [0.717, 1.165) is 30.7 Å². The minimum atomic E-state index is -0.147. The van der Waals surface area contributed by atoms with Gasteiger partial charge in [0, 0.05) is 19.6 Å². The minimum absolute atomic E-state index is 0.0185.